The minimum atomic E-state index is 0.356. The second-order valence-electron chi connectivity index (χ2n) is 5.51. The standard InChI is InChI=1S/C13H17BrN2/c14-11-1-2-12(16-7-11)6-13(8-15)4-9-3-10(9)5-13/h1-2,7,9-10H,3-6,8,15H2. The normalized spacial score (nSPS) is 36.1. The number of nitrogens with zero attached hydrogens (tertiary/aromatic N) is 1. The van der Waals surface area contributed by atoms with Crippen molar-refractivity contribution >= 4 is 15.9 Å². The lowest BCUT2D eigenvalue weighted by Crippen LogP contribution is -2.31. The zero-order chi connectivity index (χ0) is 11.2. The fourth-order valence-corrected chi connectivity index (χ4v) is 3.52. The van der Waals surface area contributed by atoms with E-state index < -0.39 is 0 Å². The van der Waals surface area contributed by atoms with Crippen LogP contribution in [0.1, 0.15) is 25.0 Å². The molecule has 3 rings (SSSR count). The molecule has 0 amide bonds. The molecule has 2 unspecified atom stereocenters. The number of aromatic nitrogens is 1. The number of rotatable bonds is 3. The van der Waals surface area contributed by atoms with Crippen LogP contribution >= 0.6 is 15.9 Å². The average Bonchev–Trinajstić information content (AvgIpc) is 2.91. The van der Waals surface area contributed by atoms with Gasteiger partial charge in [0, 0.05) is 16.4 Å². The third-order valence-corrected chi connectivity index (χ3v) is 4.71. The lowest BCUT2D eigenvalue weighted by atomic mass is 9.79. The van der Waals surface area contributed by atoms with Gasteiger partial charge < -0.3 is 5.73 Å². The quantitative estimate of drug-likeness (QED) is 0.925. The van der Waals surface area contributed by atoms with Crippen LogP contribution in [-0.4, -0.2) is 11.5 Å². The highest BCUT2D eigenvalue weighted by Gasteiger charge is 2.52. The Hall–Kier alpha value is -0.410. The summed E-state index contributed by atoms with van der Waals surface area (Å²) in [6.07, 6.45) is 7.05. The largest absolute Gasteiger partial charge is 0.330 e. The summed E-state index contributed by atoms with van der Waals surface area (Å²) in [4.78, 5) is 4.47. The molecule has 0 radical (unpaired) electrons. The van der Waals surface area contributed by atoms with E-state index >= 15 is 0 Å². The van der Waals surface area contributed by atoms with Crippen molar-refractivity contribution in [2.24, 2.45) is 23.0 Å². The molecule has 2 N–H and O–H groups in total. The van der Waals surface area contributed by atoms with Gasteiger partial charge in [-0.1, -0.05) is 0 Å². The molecule has 0 saturated heterocycles. The first-order valence-corrected chi connectivity index (χ1v) is 6.81. The maximum atomic E-state index is 5.99. The van der Waals surface area contributed by atoms with E-state index in [1.54, 1.807) is 0 Å². The van der Waals surface area contributed by atoms with Crippen molar-refractivity contribution in [3.05, 3.63) is 28.5 Å². The monoisotopic (exact) mass is 280 g/mol. The fourth-order valence-electron chi connectivity index (χ4n) is 3.28. The maximum Gasteiger partial charge on any atom is 0.0413 e. The Morgan fingerprint density at radius 1 is 1.38 bits per heavy atom. The Labute approximate surface area is 105 Å². The molecule has 2 fully saturated rings. The van der Waals surface area contributed by atoms with Crippen LogP contribution in [0.3, 0.4) is 0 Å². The van der Waals surface area contributed by atoms with Crippen LogP contribution < -0.4 is 5.73 Å². The first kappa shape index (κ1) is 10.7. The van der Waals surface area contributed by atoms with Crippen LogP contribution in [0.4, 0.5) is 0 Å². The summed E-state index contributed by atoms with van der Waals surface area (Å²) in [5, 5.41) is 0. The maximum absolute atomic E-state index is 5.99. The van der Waals surface area contributed by atoms with Gasteiger partial charge >= 0.3 is 0 Å². The van der Waals surface area contributed by atoms with Crippen molar-refractivity contribution < 1.29 is 0 Å². The molecule has 2 aliphatic carbocycles. The van der Waals surface area contributed by atoms with Crippen LogP contribution in [0.25, 0.3) is 0 Å². The topological polar surface area (TPSA) is 38.9 Å². The zero-order valence-electron chi connectivity index (χ0n) is 9.32. The molecule has 1 aromatic rings. The highest BCUT2D eigenvalue weighted by atomic mass is 79.9. The lowest BCUT2D eigenvalue weighted by Gasteiger charge is -2.28. The van der Waals surface area contributed by atoms with E-state index in [9.17, 15) is 0 Å². The first-order valence-electron chi connectivity index (χ1n) is 6.01. The third-order valence-electron chi connectivity index (χ3n) is 4.24. The van der Waals surface area contributed by atoms with E-state index in [0.717, 1.165) is 29.3 Å². The van der Waals surface area contributed by atoms with Gasteiger partial charge in [-0.05, 0) is 77.5 Å². The van der Waals surface area contributed by atoms with Crippen molar-refractivity contribution in [1.29, 1.82) is 0 Å². The van der Waals surface area contributed by atoms with Gasteiger partial charge in [-0.25, -0.2) is 0 Å². The smallest absolute Gasteiger partial charge is 0.0413 e. The first-order chi connectivity index (χ1) is 7.71. The summed E-state index contributed by atoms with van der Waals surface area (Å²) in [7, 11) is 0. The Morgan fingerprint density at radius 2 is 2.12 bits per heavy atom. The van der Waals surface area contributed by atoms with Crippen LogP contribution in [0, 0.1) is 17.3 Å². The number of nitrogens with two attached hydrogens (primary N) is 1. The second kappa shape index (κ2) is 3.81. The van der Waals surface area contributed by atoms with E-state index in [1.165, 1.54) is 25.0 Å². The molecule has 2 nitrogen and oxygen atoms in total. The average molecular weight is 281 g/mol. The highest BCUT2D eigenvalue weighted by Crippen LogP contribution is 2.60. The molecule has 2 aliphatic rings. The van der Waals surface area contributed by atoms with E-state index in [4.69, 9.17) is 5.73 Å². The molecule has 2 saturated carbocycles. The van der Waals surface area contributed by atoms with E-state index in [1.807, 2.05) is 6.20 Å². The molecule has 2 atom stereocenters. The number of hydrogen-bond donors (Lipinski definition) is 1. The minimum Gasteiger partial charge on any atom is -0.330 e. The van der Waals surface area contributed by atoms with Crippen molar-refractivity contribution in [3.8, 4) is 0 Å². The number of hydrogen-bond acceptors (Lipinski definition) is 2. The zero-order valence-corrected chi connectivity index (χ0v) is 10.9. The Morgan fingerprint density at radius 3 is 2.69 bits per heavy atom. The van der Waals surface area contributed by atoms with Crippen LogP contribution in [-0.2, 0) is 6.42 Å². The molecule has 3 heteroatoms. The minimum absolute atomic E-state index is 0.356. The molecule has 0 aliphatic heterocycles. The van der Waals surface area contributed by atoms with E-state index in [0.29, 0.717) is 5.41 Å². The molecule has 0 aromatic carbocycles. The molecule has 86 valence electrons. The van der Waals surface area contributed by atoms with Crippen LogP contribution in [0.2, 0.25) is 0 Å². The molecular weight excluding hydrogens is 264 g/mol. The summed E-state index contributed by atoms with van der Waals surface area (Å²) in [6, 6.07) is 4.19. The van der Waals surface area contributed by atoms with Gasteiger partial charge in [-0.2, -0.15) is 0 Å². The van der Waals surface area contributed by atoms with E-state index in [2.05, 4.69) is 33.0 Å². The van der Waals surface area contributed by atoms with Crippen LogP contribution in [0.15, 0.2) is 22.8 Å². The Kier molecular flexibility index (Phi) is 2.55. The summed E-state index contributed by atoms with van der Waals surface area (Å²) in [5.41, 5.74) is 7.54. The summed E-state index contributed by atoms with van der Waals surface area (Å²) in [5.74, 6) is 1.97. The Balaban J connectivity index is 1.75. The second-order valence-corrected chi connectivity index (χ2v) is 6.43. The number of fused-ring (bicyclic) bond motifs is 1. The van der Waals surface area contributed by atoms with Gasteiger partial charge in [-0.3, -0.25) is 4.98 Å². The van der Waals surface area contributed by atoms with Gasteiger partial charge in [0.05, 0.1) is 0 Å². The summed E-state index contributed by atoms with van der Waals surface area (Å²) in [6.45, 7) is 0.817. The Bertz CT molecular complexity index is 377. The highest BCUT2D eigenvalue weighted by molar-refractivity contribution is 9.10. The molecule has 16 heavy (non-hydrogen) atoms. The van der Waals surface area contributed by atoms with Gasteiger partial charge in [0.1, 0.15) is 0 Å². The predicted molar refractivity (Wildman–Crippen MR) is 68.0 cm³/mol. The number of pyridine rings is 1. The van der Waals surface area contributed by atoms with E-state index in [-0.39, 0.29) is 0 Å². The van der Waals surface area contributed by atoms with Crippen molar-refractivity contribution in [3.63, 3.8) is 0 Å². The van der Waals surface area contributed by atoms with Crippen molar-refractivity contribution in [1.82, 2.24) is 4.98 Å². The van der Waals surface area contributed by atoms with Crippen LogP contribution in [0.5, 0.6) is 0 Å². The predicted octanol–water partition coefficient (Wildman–Crippen LogP) is 2.76. The molecule has 1 heterocycles. The van der Waals surface area contributed by atoms with Crippen molar-refractivity contribution in [2.75, 3.05) is 6.54 Å². The number of halogens is 1. The van der Waals surface area contributed by atoms with Gasteiger partial charge in [0.25, 0.3) is 0 Å². The SMILES string of the molecule is NCC1(Cc2ccc(Br)cn2)CC2CC2C1. The summed E-state index contributed by atoms with van der Waals surface area (Å²) < 4.78 is 1.05. The van der Waals surface area contributed by atoms with Gasteiger partial charge in [-0.15, -0.1) is 0 Å². The lowest BCUT2D eigenvalue weighted by molar-refractivity contribution is 0.270. The molecular formula is C13H17BrN2. The third kappa shape index (κ3) is 1.91. The molecule has 0 spiro atoms. The summed E-state index contributed by atoms with van der Waals surface area (Å²) >= 11 is 3.42. The van der Waals surface area contributed by atoms with Gasteiger partial charge in [0.15, 0.2) is 0 Å². The van der Waals surface area contributed by atoms with Gasteiger partial charge in [0.2, 0.25) is 0 Å². The molecule has 0 bridgehead atoms. The van der Waals surface area contributed by atoms with Crippen molar-refractivity contribution in [2.45, 2.75) is 25.7 Å². The fraction of sp³-hybridized carbons (Fsp3) is 0.615. The molecule has 1 aromatic heterocycles.